The molecule has 0 spiro atoms. The van der Waals surface area contributed by atoms with Crippen LogP contribution in [-0.4, -0.2) is 0 Å². The Balaban J connectivity index is -0.000000308. The standard InChI is InChI=1S/C12H10.C3H8.3C2H6/c1-3-7-11(8-4-1)12-9-5-2-6-10-12;1-3-2;3*1-2/h1-10H;3H2,1-2H3;3*1-2H3. The quantitative estimate of drug-likeness (QED) is 0.501. The molecule has 0 aliphatic heterocycles. The lowest BCUT2D eigenvalue weighted by molar-refractivity contribution is 1.09. The molecular weight excluding hydrogens is 252 g/mol. The van der Waals surface area contributed by atoms with Gasteiger partial charge in [-0.15, -0.1) is 0 Å². The van der Waals surface area contributed by atoms with Gasteiger partial charge >= 0.3 is 0 Å². The van der Waals surface area contributed by atoms with Gasteiger partial charge in [-0.3, -0.25) is 0 Å². The van der Waals surface area contributed by atoms with Crippen LogP contribution in [-0.2, 0) is 0 Å². The van der Waals surface area contributed by atoms with Gasteiger partial charge in [-0.05, 0) is 11.1 Å². The van der Waals surface area contributed by atoms with Crippen molar-refractivity contribution in [3.63, 3.8) is 0 Å². The number of rotatable bonds is 1. The zero-order chi connectivity index (χ0) is 16.9. The molecule has 0 heteroatoms. The van der Waals surface area contributed by atoms with Gasteiger partial charge in [0.1, 0.15) is 0 Å². The third kappa shape index (κ3) is 14.7. The number of benzene rings is 2. The summed E-state index contributed by atoms with van der Waals surface area (Å²) in [4.78, 5) is 0. The van der Waals surface area contributed by atoms with E-state index in [1.807, 2.05) is 53.7 Å². The van der Waals surface area contributed by atoms with Gasteiger partial charge in [-0.2, -0.15) is 0 Å². The summed E-state index contributed by atoms with van der Waals surface area (Å²) in [6, 6.07) is 20.8. The van der Waals surface area contributed by atoms with Crippen molar-refractivity contribution < 1.29 is 0 Å². The van der Waals surface area contributed by atoms with Crippen LogP contribution in [0.4, 0.5) is 0 Å². The van der Waals surface area contributed by atoms with E-state index in [4.69, 9.17) is 0 Å². The molecule has 0 nitrogen and oxygen atoms in total. The zero-order valence-electron chi connectivity index (χ0n) is 15.5. The van der Waals surface area contributed by atoms with E-state index in [0.29, 0.717) is 0 Å². The Labute approximate surface area is 134 Å². The number of hydrogen-bond acceptors (Lipinski definition) is 0. The molecule has 0 aromatic heterocycles. The van der Waals surface area contributed by atoms with Crippen LogP contribution in [0.2, 0.25) is 0 Å². The zero-order valence-corrected chi connectivity index (χ0v) is 15.5. The summed E-state index contributed by atoms with van der Waals surface area (Å²) in [5.74, 6) is 0. The molecule has 0 saturated heterocycles. The largest absolute Gasteiger partial charge is 0.0683 e. The Hall–Kier alpha value is -1.56. The van der Waals surface area contributed by atoms with Gasteiger partial charge < -0.3 is 0 Å². The van der Waals surface area contributed by atoms with E-state index < -0.39 is 0 Å². The maximum Gasteiger partial charge on any atom is -0.0184 e. The molecule has 2 aromatic rings. The third-order valence-electron chi connectivity index (χ3n) is 1.88. The smallest absolute Gasteiger partial charge is 0.0184 e. The third-order valence-corrected chi connectivity index (χ3v) is 1.88. The molecule has 2 aromatic carbocycles. The fourth-order valence-corrected chi connectivity index (χ4v) is 1.26. The van der Waals surface area contributed by atoms with Crippen LogP contribution in [0, 0.1) is 0 Å². The van der Waals surface area contributed by atoms with Crippen molar-refractivity contribution in [2.45, 2.75) is 61.8 Å². The molecule has 0 radical (unpaired) electrons. The maximum atomic E-state index is 2.12. The van der Waals surface area contributed by atoms with E-state index in [2.05, 4.69) is 62.4 Å². The van der Waals surface area contributed by atoms with Crippen LogP contribution in [0.1, 0.15) is 61.8 Å². The van der Waals surface area contributed by atoms with E-state index in [1.54, 1.807) is 0 Å². The fourth-order valence-electron chi connectivity index (χ4n) is 1.26. The monoisotopic (exact) mass is 288 g/mol. The van der Waals surface area contributed by atoms with Crippen molar-refractivity contribution in [2.75, 3.05) is 0 Å². The van der Waals surface area contributed by atoms with Crippen molar-refractivity contribution in [3.05, 3.63) is 60.7 Å². The molecule has 21 heavy (non-hydrogen) atoms. The molecule has 0 fully saturated rings. The molecule has 0 N–H and O–H groups in total. The normalized spacial score (nSPS) is 7.24. The van der Waals surface area contributed by atoms with Crippen molar-refractivity contribution in [1.82, 2.24) is 0 Å². The molecule has 2 rings (SSSR count). The molecule has 0 aliphatic carbocycles. The SMILES string of the molecule is CC.CC.CC.CCC.c1ccc(-c2ccccc2)cc1. The van der Waals surface area contributed by atoms with Gasteiger partial charge in [0.05, 0.1) is 0 Å². The Bertz CT molecular complexity index is 311. The van der Waals surface area contributed by atoms with Crippen molar-refractivity contribution in [1.29, 1.82) is 0 Å². The molecule has 120 valence electrons. The van der Waals surface area contributed by atoms with Gasteiger partial charge in [0.25, 0.3) is 0 Å². The van der Waals surface area contributed by atoms with Gasteiger partial charge in [0.2, 0.25) is 0 Å². The molecule has 0 atom stereocenters. The van der Waals surface area contributed by atoms with E-state index in [0.717, 1.165) is 0 Å². The summed E-state index contributed by atoms with van der Waals surface area (Å²) in [5, 5.41) is 0. The second-order valence-corrected chi connectivity index (χ2v) is 3.44. The first-order chi connectivity index (χ1) is 10.4. The van der Waals surface area contributed by atoms with E-state index in [-0.39, 0.29) is 0 Å². The summed E-state index contributed by atoms with van der Waals surface area (Å²) in [7, 11) is 0. The highest BCUT2D eigenvalue weighted by Gasteiger charge is 1.91. The summed E-state index contributed by atoms with van der Waals surface area (Å²) in [6.07, 6.45) is 1.25. The summed E-state index contributed by atoms with van der Waals surface area (Å²) < 4.78 is 0. The first-order valence-electron chi connectivity index (χ1n) is 8.49. The molecule has 0 saturated carbocycles. The Morgan fingerprint density at radius 2 is 0.667 bits per heavy atom. The Morgan fingerprint density at radius 1 is 0.476 bits per heavy atom. The maximum absolute atomic E-state index is 2.12. The fraction of sp³-hybridized carbons (Fsp3) is 0.429. The van der Waals surface area contributed by atoms with Crippen LogP contribution < -0.4 is 0 Å². The first-order valence-corrected chi connectivity index (χ1v) is 8.49. The minimum absolute atomic E-state index is 1.25. The average Bonchev–Trinajstić information content (AvgIpc) is 2.62. The number of hydrogen-bond donors (Lipinski definition) is 0. The Morgan fingerprint density at radius 3 is 0.857 bits per heavy atom. The minimum Gasteiger partial charge on any atom is -0.0683 e. The predicted octanol–water partition coefficient (Wildman–Crippen LogP) is 7.85. The highest BCUT2D eigenvalue weighted by Crippen LogP contribution is 2.17. The predicted molar refractivity (Wildman–Crippen MR) is 102 cm³/mol. The van der Waals surface area contributed by atoms with Crippen LogP contribution in [0.3, 0.4) is 0 Å². The molecule has 0 aliphatic rings. The summed E-state index contributed by atoms with van der Waals surface area (Å²) in [6.45, 7) is 16.2. The molecule has 0 amide bonds. The molecular formula is C21H36. The molecule has 0 bridgehead atoms. The average molecular weight is 289 g/mol. The van der Waals surface area contributed by atoms with Gasteiger partial charge in [0, 0.05) is 0 Å². The van der Waals surface area contributed by atoms with Crippen LogP contribution >= 0.6 is 0 Å². The summed E-state index contributed by atoms with van der Waals surface area (Å²) in [5.41, 5.74) is 2.55. The van der Waals surface area contributed by atoms with E-state index in [9.17, 15) is 0 Å². The van der Waals surface area contributed by atoms with Crippen LogP contribution in [0.5, 0.6) is 0 Å². The highest BCUT2D eigenvalue weighted by molar-refractivity contribution is 5.62. The second kappa shape index (κ2) is 23.5. The molecule has 0 heterocycles. The lowest BCUT2D eigenvalue weighted by Gasteiger charge is -1.98. The second-order valence-electron chi connectivity index (χ2n) is 3.44. The first kappa shape index (κ1) is 24.5. The topological polar surface area (TPSA) is 0 Å². The van der Waals surface area contributed by atoms with Crippen LogP contribution in [0.15, 0.2) is 60.7 Å². The van der Waals surface area contributed by atoms with Crippen molar-refractivity contribution in [3.8, 4) is 11.1 Å². The van der Waals surface area contributed by atoms with Crippen molar-refractivity contribution in [2.24, 2.45) is 0 Å². The lowest BCUT2D eigenvalue weighted by Crippen LogP contribution is -1.73. The van der Waals surface area contributed by atoms with E-state index >= 15 is 0 Å². The minimum atomic E-state index is 1.25. The van der Waals surface area contributed by atoms with Crippen LogP contribution in [0.25, 0.3) is 11.1 Å². The van der Waals surface area contributed by atoms with Gasteiger partial charge in [-0.25, -0.2) is 0 Å². The van der Waals surface area contributed by atoms with Gasteiger partial charge in [0.15, 0.2) is 0 Å². The van der Waals surface area contributed by atoms with Crippen molar-refractivity contribution >= 4 is 0 Å². The summed E-state index contributed by atoms with van der Waals surface area (Å²) >= 11 is 0. The Kier molecular flexibility index (Phi) is 27.4. The van der Waals surface area contributed by atoms with Gasteiger partial charge in [-0.1, -0.05) is 122 Å². The molecule has 0 unspecified atom stereocenters. The lowest BCUT2D eigenvalue weighted by atomic mass is 10.1. The van der Waals surface area contributed by atoms with E-state index in [1.165, 1.54) is 17.5 Å². The highest BCUT2D eigenvalue weighted by atomic mass is 14.0.